The lowest BCUT2D eigenvalue weighted by molar-refractivity contribution is 0.0750. The van der Waals surface area contributed by atoms with Crippen molar-refractivity contribution in [1.29, 1.82) is 0 Å². The first-order valence-corrected chi connectivity index (χ1v) is 12.7. The van der Waals surface area contributed by atoms with Crippen molar-refractivity contribution < 1.29 is 4.79 Å². The summed E-state index contributed by atoms with van der Waals surface area (Å²) in [6.45, 7) is 11.0. The number of carbonyl (C=O) groups excluding carboxylic acids is 1. The molecule has 3 heterocycles. The first kappa shape index (κ1) is 23.2. The molecule has 2 aromatic heterocycles. The maximum absolute atomic E-state index is 13.2. The molecule has 7 heteroatoms. The van der Waals surface area contributed by atoms with Crippen LogP contribution in [0, 0.1) is 27.7 Å². The second-order valence-corrected chi connectivity index (χ2v) is 10.1. The van der Waals surface area contributed by atoms with E-state index in [1.54, 1.807) is 0 Å². The van der Waals surface area contributed by atoms with Crippen molar-refractivity contribution in [3.05, 3.63) is 81.9 Å². The Morgan fingerprint density at radius 1 is 0.829 bits per heavy atom. The fourth-order valence-electron chi connectivity index (χ4n) is 4.46. The summed E-state index contributed by atoms with van der Waals surface area (Å²) >= 11 is 1.48. The SMILES string of the molecule is Cc1cc(C)c(-c2ccc(N3CCN(C(=O)c4sc(-c5ccccc5)nc4C)CC3)nn2)cc1C. The standard InChI is InChI=1S/C28H29N5OS/c1-18-16-20(3)23(17-19(18)2)24-10-11-25(31-30-24)32-12-14-33(15-13-32)28(34)26-21(4)29-27(35-26)22-8-6-5-7-9-22/h5-11,16-17H,12-15H2,1-4H3. The Morgan fingerprint density at radius 2 is 1.54 bits per heavy atom. The number of piperazine rings is 1. The summed E-state index contributed by atoms with van der Waals surface area (Å²) in [5.74, 6) is 0.913. The monoisotopic (exact) mass is 483 g/mol. The summed E-state index contributed by atoms with van der Waals surface area (Å²) in [7, 11) is 0. The third kappa shape index (κ3) is 4.68. The summed E-state index contributed by atoms with van der Waals surface area (Å²) in [6.07, 6.45) is 0. The van der Waals surface area contributed by atoms with Gasteiger partial charge in [0, 0.05) is 37.3 Å². The number of anilines is 1. The molecule has 0 radical (unpaired) electrons. The summed E-state index contributed by atoms with van der Waals surface area (Å²) in [5, 5.41) is 9.93. The number of nitrogens with zero attached hydrogens (tertiary/aromatic N) is 5. The molecule has 1 saturated heterocycles. The van der Waals surface area contributed by atoms with Crippen molar-refractivity contribution in [2.24, 2.45) is 0 Å². The minimum absolute atomic E-state index is 0.0634. The van der Waals surface area contributed by atoms with Gasteiger partial charge >= 0.3 is 0 Å². The lowest BCUT2D eigenvalue weighted by Crippen LogP contribution is -2.49. The average molecular weight is 484 g/mol. The van der Waals surface area contributed by atoms with E-state index in [-0.39, 0.29) is 5.91 Å². The number of hydrogen-bond acceptors (Lipinski definition) is 6. The van der Waals surface area contributed by atoms with Crippen LogP contribution < -0.4 is 4.90 Å². The Morgan fingerprint density at radius 3 is 2.23 bits per heavy atom. The van der Waals surface area contributed by atoms with Gasteiger partial charge in [-0.3, -0.25) is 4.79 Å². The number of thiazole rings is 1. The topological polar surface area (TPSA) is 62.2 Å². The quantitative estimate of drug-likeness (QED) is 0.386. The van der Waals surface area contributed by atoms with Crippen LogP contribution in [0.15, 0.2) is 54.6 Å². The van der Waals surface area contributed by atoms with Gasteiger partial charge in [0.15, 0.2) is 5.82 Å². The van der Waals surface area contributed by atoms with E-state index in [2.05, 4.69) is 53.0 Å². The maximum Gasteiger partial charge on any atom is 0.265 e. The van der Waals surface area contributed by atoms with Crippen LogP contribution in [-0.4, -0.2) is 52.2 Å². The lowest BCUT2D eigenvalue weighted by Gasteiger charge is -2.35. The van der Waals surface area contributed by atoms with Gasteiger partial charge in [0.25, 0.3) is 5.91 Å². The zero-order chi connectivity index (χ0) is 24.5. The predicted molar refractivity (Wildman–Crippen MR) is 142 cm³/mol. The van der Waals surface area contributed by atoms with Crippen molar-refractivity contribution in [2.75, 3.05) is 31.1 Å². The number of amides is 1. The van der Waals surface area contributed by atoms with Gasteiger partial charge < -0.3 is 9.80 Å². The van der Waals surface area contributed by atoms with Crippen LogP contribution in [0.25, 0.3) is 21.8 Å². The minimum atomic E-state index is 0.0634. The highest BCUT2D eigenvalue weighted by Gasteiger charge is 2.26. The molecular weight excluding hydrogens is 454 g/mol. The Balaban J connectivity index is 1.25. The summed E-state index contributed by atoms with van der Waals surface area (Å²) in [5.41, 5.74) is 7.59. The fourth-order valence-corrected chi connectivity index (χ4v) is 5.49. The largest absolute Gasteiger partial charge is 0.352 e. The highest BCUT2D eigenvalue weighted by molar-refractivity contribution is 7.17. The zero-order valence-corrected chi connectivity index (χ0v) is 21.4. The van der Waals surface area contributed by atoms with E-state index in [1.807, 2.05) is 54.3 Å². The lowest BCUT2D eigenvalue weighted by atomic mass is 9.99. The van der Waals surface area contributed by atoms with Crippen molar-refractivity contribution in [1.82, 2.24) is 20.1 Å². The van der Waals surface area contributed by atoms with E-state index >= 15 is 0 Å². The first-order chi connectivity index (χ1) is 16.9. The summed E-state index contributed by atoms with van der Waals surface area (Å²) < 4.78 is 0. The van der Waals surface area contributed by atoms with Crippen LogP contribution in [0.5, 0.6) is 0 Å². The molecule has 0 bridgehead atoms. The van der Waals surface area contributed by atoms with Crippen LogP contribution in [-0.2, 0) is 0 Å². The average Bonchev–Trinajstić information content (AvgIpc) is 3.28. The van der Waals surface area contributed by atoms with Gasteiger partial charge in [-0.05, 0) is 62.6 Å². The number of aryl methyl sites for hydroxylation is 4. The van der Waals surface area contributed by atoms with E-state index < -0.39 is 0 Å². The number of carbonyl (C=O) groups is 1. The molecule has 6 nitrogen and oxygen atoms in total. The molecule has 0 N–H and O–H groups in total. The van der Waals surface area contributed by atoms with Crippen LogP contribution in [0.1, 0.15) is 32.1 Å². The maximum atomic E-state index is 13.2. The molecule has 0 saturated carbocycles. The Bertz CT molecular complexity index is 1360. The van der Waals surface area contributed by atoms with E-state index in [0.717, 1.165) is 51.3 Å². The third-order valence-corrected chi connectivity index (χ3v) is 7.86. The molecule has 1 aliphatic rings. The smallest absolute Gasteiger partial charge is 0.265 e. The second-order valence-electron chi connectivity index (χ2n) is 9.11. The highest BCUT2D eigenvalue weighted by atomic mass is 32.1. The Kier molecular flexibility index (Phi) is 6.34. The molecular formula is C28H29N5OS. The molecule has 35 heavy (non-hydrogen) atoms. The molecule has 4 aromatic rings. The van der Waals surface area contributed by atoms with E-state index in [1.165, 1.54) is 28.0 Å². The molecule has 178 valence electrons. The molecule has 1 aliphatic heterocycles. The van der Waals surface area contributed by atoms with Gasteiger partial charge in [-0.2, -0.15) is 0 Å². The number of rotatable bonds is 4. The molecule has 0 spiro atoms. The van der Waals surface area contributed by atoms with Crippen molar-refractivity contribution in [3.8, 4) is 21.8 Å². The van der Waals surface area contributed by atoms with Gasteiger partial charge in [-0.1, -0.05) is 36.4 Å². The molecule has 5 rings (SSSR count). The summed E-state index contributed by atoms with van der Waals surface area (Å²) in [6, 6.07) is 18.5. The zero-order valence-electron chi connectivity index (χ0n) is 20.6. The third-order valence-electron chi connectivity index (χ3n) is 6.67. The van der Waals surface area contributed by atoms with Crippen molar-refractivity contribution in [3.63, 3.8) is 0 Å². The minimum Gasteiger partial charge on any atom is -0.352 e. The first-order valence-electron chi connectivity index (χ1n) is 11.9. The van der Waals surface area contributed by atoms with Gasteiger partial charge in [-0.25, -0.2) is 4.98 Å². The number of benzene rings is 2. The fraction of sp³-hybridized carbons (Fsp3) is 0.286. The van der Waals surface area contributed by atoms with Crippen LogP contribution >= 0.6 is 11.3 Å². The molecule has 1 amide bonds. The van der Waals surface area contributed by atoms with E-state index in [0.29, 0.717) is 13.1 Å². The molecule has 0 atom stereocenters. The van der Waals surface area contributed by atoms with E-state index in [4.69, 9.17) is 0 Å². The Hall–Kier alpha value is -3.58. The van der Waals surface area contributed by atoms with Gasteiger partial charge in [0.05, 0.1) is 11.4 Å². The molecule has 1 fully saturated rings. The van der Waals surface area contributed by atoms with Crippen molar-refractivity contribution >= 4 is 23.1 Å². The molecule has 0 unspecified atom stereocenters. The summed E-state index contributed by atoms with van der Waals surface area (Å²) in [4.78, 5) is 22.7. The normalized spacial score (nSPS) is 13.8. The van der Waals surface area contributed by atoms with E-state index in [9.17, 15) is 4.79 Å². The van der Waals surface area contributed by atoms with Gasteiger partial charge in [0.1, 0.15) is 9.88 Å². The highest BCUT2D eigenvalue weighted by Crippen LogP contribution is 2.29. The van der Waals surface area contributed by atoms with Gasteiger partial charge in [-0.15, -0.1) is 21.5 Å². The van der Waals surface area contributed by atoms with Crippen LogP contribution in [0.2, 0.25) is 0 Å². The molecule has 0 aliphatic carbocycles. The van der Waals surface area contributed by atoms with Crippen LogP contribution in [0.3, 0.4) is 0 Å². The number of aromatic nitrogens is 3. The second kappa shape index (κ2) is 9.58. The Labute approximate surface area is 210 Å². The van der Waals surface area contributed by atoms with Crippen molar-refractivity contribution in [2.45, 2.75) is 27.7 Å². The van der Waals surface area contributed by atoms with Gasteiger partial charge in [0.2, 0.25) is 0 Å². The molecule has 2 aromatic carbocycles. The predicted octanol–water partition coefficient (Wildman–Crippen LogP) is 5.46. The van der Waals surface area contributed by atoms with Crippen LogP contribution in [0.4, 0.5) is 5.82 Å². The number of hydrogen-bond donors (Lipinski definition) is 0.